The summed E-state index contributed by atoms with van der Waals surface area (Å²) in [5, 5.41) is 0.0493. The predicted octanol–water partition coefficient (Wildman–Crippen LogP) is 3.64. The van der Waals surface area contributed by atoms with E-state index >= 15 is 0 Å². The molecule has 0 aromatic heterocycles. The second-order valence-electron chi connectivity index (χ2n) is 8.44. The van der Waals surface area contributed by atoms with Crippen LogP contribution in [0.5, 0.6) is 0 Å². The summed E-state index contributed by atoms with van der Waals surface area (Å²) in [5.74, 6) is -1.05. The Balaban J connectivity index is 1.46. The minimum Gasteiger partial charge on any atom is -0.449 e. The van der Waals surface area contributed by atoms with Crippen molar-refractivity contribution < 1.29 is 22.7 Å². The zero-order valence-corrected chi connectivity index (χ0v) is 20.1. The van der Waals surface area contributed by atoms with Crippen molar-refractivity contribution in [2.75, 3.05) is 19.6 Å². The smallest absolute Gasteiger partial charge is 0.338 e. The fraction of sp³-hybridized carbons (Fsp3) is 0.417. The van der Waals surface area contributed by atoms with Gasteiger partial charge >= 0.3 is 5.97 Å². The number of esters is 1. The van der Waals surface area contributed by atoms with Crippen LogP contribution in [0.15, 0.2) is 47.4 Å². The highest BCUT2D eigenvalue weighted by Crippen LogP contribution is 2.28. The fourth-order valence-electron chi connectivity index (χ4n) is 4.29. The van der Waals surface area contributed by atoms with Gasteiger partial charge in [-0.15, -0.1) is 0 Å². The van der Waals surface area contributed by atoms with Gasteiger partial charge in [0.15, 0.2) is 6.10 Å². The van der Waals surface area contributed by atoms with Crippen LogP contribution in [-0.4, -0.2) is 55.2 Å². The SMILES string of the molecule is CC(OC(=O)c1ccc(Cl)c(S(=O)(=O)N2CCCCC2)c1)C(=O)N1CCc2ccccc2C1. The number of hydrogen-bond acceptors (Lipinski definition) is 5. The van der Waals surface area contributed by atoms with Crippen molar-refractivity contribution in [1.82, 2.24) is 9.21 Å². The first kappa shape index (κ1) is 23.7. The minimum atomic E-state index is -3.82. The van der Waals surface area contributed by atoms with E-state index in [0.717, 1.165) is 31.2 Å². The summed E-state index contributed by atoms with van der Waals surface area (Å²) < 4.78 is 32.9. The van der Waals surface area contributed by atoms with Crippen molar-refractivity contribution >= 4 is 33.5 Å². The molecule has 1 saturated heterocycles. The first-order valence-corrected chi connectivity index (χ1v) is 13.0. The van der Waals surface area contributed by atoms with Gasteiger partial charge in [0.25, 0.3) is 5.91 Å². The van der Waals surface area contributed by atoms with Crippen LogP contribution in [0.2, 0.25) is 5.02 Å². The summed E-state index contributed by atoms with van der Waals surface area (Å²) in [5.41, 5.74) is 2.34. The molecule has 2 heterocycles. The number of carbonyl (C=O) groups excluding carboxylic acids is 2. The van der Waals surface area contributed by atoms with Crippen LogP contribution >= 0.6 is 11.6 Å². The third-order valence-electron chi connectivity index (χ3n) is 6.17. The molecule has 0 radical (unpaired) electrons. The Kier molecular flexibility index (Phi) is 7.07. The van der Waals surface area contributed by atoms with Crippen molar-refractivity contribution in [2.24, 2.45) is 0 Å². The Morgan fingerprint density at radius 2 is 1.70 bits per heavy atom. The van der Waals surface area contributed by atoms with Crippen molar-refractivity contribution in [2.45, 2.75) is 50.2 Å². The first-order valence-electron chi connectivity index (χ1n) is 11.1. The van der Waals surface area contributed by atoms with E-state index in [1.54, 1.807) is 4.90 Å². The van der Waals surface area contributed by atoms with Crippen molar-refractivity contribution in [3.8, 4) is 0 Å². The Bertz CT molecular complexity index is 1160. The van der Waals surface area contributed by atoms with Crippen LogP contribution in [0.4, 0.5) is 0 Å². The number of hydrogen-bond donors (Lipinski definition) is 0. The van der Waals surface area contributed by atoms with Gasteiger partial charge < -0.3 is 9.64 Å². The monoisotopic (exact) mass is 490 g/mol. The van der Waals surface area contributed by atoms with Gasteiger partial charge in [-0.05, 0) is 55.5 Å². The van der Waals surface area contributed by atoms with Gasteiger partial charge in [0.2, 0.25) is 10.0 Å². The lowest BCUT2D eigenvalue weighted by molar-refractivity contribution is -0.140. The van der Waals surface area contributed by atoms with Crippen LogP contribution < -0.4 is 0 Å². The Morgan fingerprint density at radius 3 is 2.42 bits per heavy atom. The third-order valence-corrected chi connectivity index (χ3v) is 8.55. The lowest BCUT2D eigenvalue weighted by atomic mass is 9.99. The van der Waals surface area contributed by atoms with Gasteiger partial charge in [0, 0.05) is 26.2 Å². The molecule has 1 unspecified atom stereocenters. The standard InChI is InChI=1S/C24H27ClN2O5S/c1-17(23(28)26-14-11-18-7-3-4-8-20(18)16-26)32-24(29)19-9-10-21(25)22(15-19)33(30,31)27-12-5-2-6-13-27/h3-4,7-10,15,17H,2,5-6,11-14,16H2,1H3. The van der Waals surface area contributed by atoms with Crippen LogP contribution in [0, 0.1) is 0 Å². The normalized spacial score (nSPS) is 17.8. The van der Waals surface area contributed by atoms with Crippen molar-refractivity contribution in [3.63, 3.8) is 0 Å². The van der Waals surface area contributed by atoms with Gasteiger partial charge in [0.1, 0.15) is 4.90 Å². The van der Waals surface area contributed by atoms with E-state index < -0.39 is 22.1 Å². The van der Waals surface area contributed by atoms with Gasteiger partial charge in [-0.25, -0.2) is 13.2 Å². The zero-order chi connectivity index (χ0) is 23.6. The Morgan fingerprint density at radius 1 is 1.00 bits per heavy atom. The number of amides is 1. The fourth-order valence-corrected chi connectivity index (χ4v) is 6.31. The topological polar surface area (TPSA) is 84.0 Å². The van der Waals surface area contributed by atoms with Crippen molar-refractivity contribution in [1.29, 1.82) is 0 Å². The summed E-state index contributed by atoms with van der Waals surface area (Å²) in [6, 6.07) is 12.0. The largest absolute Gasteiger partial charge is 0.449 e. The molecule has 2 aliphatic rings. The molecule has 176 valence electrons. The van der Waals surface area contributed by atoms with E-state index in [1.165, 1.54) is 35.0 Å². The van der Waals surface area contributed by atoms with Crippen LogP contribution in [-0.2, 0) is 32.5 Å². The summed E-state index contributed by atoms with van der Waals surface area (Å²) in [6.07, 6.45) is 2.32. The van der Waals surface area contributed by atoms with Crippen molar-refractivity contribution in [3.05, 3.63) is 64.2 Å². The number of nitrogens with zero attached hydrogens (tertiary/aromatic N) is 2. The molecule has 4 rings (SSSR count). The number of sulfonamides is 1. The maximum Gasteiger partial charge on any atom is 0.338 e. The number of ether oxygens (including phenoxy) is 1. The molecule has 2 aromatic carbocycles. The number of piperidine rings is 1. The van der Waals surface area contributed by atoms with E-state index in [2.05, 4.69) is 6.07 Å². The average Bonchev–Trinajstić information content (AvgIpc) is 2.83. The summed E-state index contributed by atoms with van der Waals surface area (Å²) in [4.78, 5) is 27.2. The Hall–Kier alpha value is -2.42. The second-order valence-corrected chi connectivity index (χ2v) is 10.7. The van der Waals surface area contributed by atoms with Gasteiger partial charge in [-0.3, -0.25) is 4.79 Å². The highest BCUT2D eigenvalue weighted by Gasteiger charge is 2.30. The molecular formula is C24H27ClN2O5S. The highest BCUT2D eigenvalue weighted by molar-refractivity contribution is 7.89. The van der Waals surface area contributed by atoms with E-state index in [4.69, 9.17) is 16.3 Å². The molecule has 0 aliphatic carbocycles. The predicted molar refractivity (Wildman–Crippen MR) is 125 cm³/mol. The minimum absolute atomic E-state index is 0.0404. The molecule has 1 fully saturated rings. The second kappa shape index (κ2) is 9.83. The molecule has 2 aromatic rings. The summed E-state index contributed by atoms with van der Waals surface area (Å²) >= 11 is 6.18. The number of fused-ring (bicyclic) bond motifs is 1. The van der Waals surface area contributed by atoms with Gasteiger partial charge in [0.05, 0.1) is 10.6 Å². The third kappa shape index (κ3) is 5.08. The number of halogens is 1. The Labute approximate surface area is 199 Å². The molecule has 33 heavy (non-hydrogen) atoms. The highest BCUT2D eigenvalue weighted by atomic mass is 35.5. The van der Waals surface area contributed by atoms with E-state index in [9.17, 15) is 18.0 Å². The van der Waals surface area contributed by atoms with Gasteiger partial charge in [-0.2, -0.15) is 4.31 Å². The van der Waals surface area contributed by atoms with E-state index in [-0.39, 0.29) is 21.4 Å². The molecule has 7 nitrogen and oxygen atoms in total. The lowest BCUT2D eigenvalue weighted by Crippen LogP contribution is -2.42. The summed E-state index contributed by atoms with van der Waals surface area (Å²) in [6.45, 7) is 3.41. The molecule has 1 amide bonds. The quantitative estimate of drug-likeness (QED) is 0.597. The van der Waals surface area contributed by atoms with Crippen LogP contribution in [0.25, 0.3) is 0 Å². The zero-order valence-electron chi connectivity index (χ0n) is 18.5. The van der Waals surface area contributed by atoms with E-state index in [0.29, 0.717) is 26.2 Å². The number of rotatable bonds is 5. The van der Waals surface area contributed by atoms with Crippen LogP contribution in [0.3, 0.4) is 0 Å². The van der Waals surface area contributed by atoms with Crippen LogP contribution in [0.1, 0.15) is 47.7 Å². The maximum atomic E-state index is 13.0. The number of carbonyl (C=O) groups is 2. The molecule has 0 spiro atoms. The first-order chi connectivity index (χ1) is 15.8. The molecule has 0 N–H and O–H groups in total. The molecule has 9 heteroatoms. The molecular weight excluding hydrogens is 464 g/mol. The number of benzene rings is 2. The molecule has 2 aliphatic heterocycles. The molecule has 0 bridgehead atoms. The lowest BCUT2D eigenvalue weighted by Gasteiger charge is -2.30. The average molecular weight is 491 g/mol. The van der Waals surface area contributed by atoms with Gasteiger partial charge in [-0.1, -0.05) is 42.3 Å². The summed E-state index contributed by atoms with van der Waals surface area (Å²) in [7, 11) is -3.82. The molecule has 1 atom stereocenters. The molecule has 0 saturated carbocycles. The maximum absolute atomic E-state index is 13.0. The van der Waals surface area contributed by atoms with E-state index in [1.807, 2.05) is 18.2 Å².